The van der Waals surface area contributed by atoms with Crippen molar-refractivity contribution in [3.8, 4) is 17.2 Å². The van der Waals surface area contributed by atoms with Gasteiger partial charge in [0.15, 0.2) is 17.3 Å². The van der Waals surface area contributed by atoms with Crippen LogP contribution in [0.3, 0.4) is 0 Å². The molecule has 1 heterocycles. The van der Waals surface area contributed by atoms with Crippen molar-refractivity contribution in [1.82, 2.24) is 5.43 Å². The van der Waals surface area contributed by atoms with Crippen LogP contribution in [0, 0.1) is 0 Å². The minimum absolute atomic E-state index is 0.108. The van der Waals surface area contributed by atoms with Crippen LogP contribution in [-0.2, 0) is 6.61 Å². The van der Waals surface area contributed by atoms with Crippen molar-refractivity contribution >= 4 is 40.7 Å². The van der Waals surface area contributed by atoms with Gasteiger partial charge in [-0.15, -0.1) is 0 Å². The van der Waals surface area contributed by atoms with Crippen LogP contribution in [0.1, 0.15) is 39.0 Å². The van der Waals surface area contributed by atoms with Gasteiger partial charge in [0.1, 0.15) is 17.9 Å². The van der Waals surface area contributed by atoms with Crippen molar-refractivity contribution in [3.63, 3.8) is 0 Å². The zero-order valence-electron chi connectivity index (χ0n) is 20.0. The van der Waals surface area contributed by atoms with Crippen LogP contribution < -0.4 is 19.6 Å². The number of hydrazone groups is 1. The molecule has 0 saturated carbocycles. The highest BCUT2D eigenvalue weighted by molar-refractivity contribution is 6.32. The number of carbonyl (C=O) groups excluding carboxylic acids is 1. The van der Waals surface area contributed by atoms with E-state index in [4.69, 9.17) is 35.3 Å². The zero-order chi connectivity index (χ0) is 26.4. The van der Waals surface area contributed by atoms with Crippen molar-refractivity contribution in [2.45, 2.75) is 13.5 Å². The lowest BCUT2D eigenvalue weighted by molar-refractivity contribution is 0.0696. The van der Waals surface area contributed by atoms with Gasteiger partial charge in [-0.2, -0.15) is 5.10 Å². The quantitative estimate of drug-likeness (QED) is 0.207. The maximum Gasteiger partial charge on any atom is 0.335 e. The number of hydrogen-bond donors (Lipinski definition) is 2. The molecule has 1 amide bonds. The third-order valence-corrected chi connectivity index (χ3v) is 5.52. The summed E-state index contributed by atoms with van der Waals surface area (Å²) in [4.78, 5) is 23.5. The number of fused-ring (bicyclic) bond motifs is 1. The second-order valence-corrected chi connectivity index (χ2v) is 8.17. The van der Waals surface area contributed by atoms with Crippen LogP contribution in [0.2, 0.25) is 5.02 Å². The molecule has 0 radical (unpaired) electrons. The lowest BCUT2D eigenvalue weighted by Crippen LogP contribution is -2.16. The highest BCUT2D eigenvalue weighted by Crippen LogP contribution is 2.36. The summed E-state index contributed by atoms with van der Waals surface area (Å²) in [5, 5.41) is 14.0. The third-order valence-electron chi connectivity index (χ3n) is 5.24. The van der Waals surface area contributed by atoms with Crippen molar-refractivity contribution in [1.29, 1.82) is 0 Å². The van der Waals surface area contributed by atoms with Crippen LogP contribution in [-0.4, -0.2) is 36.9 Å². The van der Waals surface area contributed by atoms with Crippen LogP contribution in [0.4, 0.5) is 0 Å². The van der Waals surface area contributed by atoms with Crippen molar-refractivity contribution < 1.29 is 33.3 Å². The number of hydrogen-bond acceptors (Lipinski definition) is 7. The highest BCUT2D eigenvalue weighted by atomic mass is 35.5. The lowest BCUT2D eigenvalue weighted by Gasteiger charge is -2.13. The molecule has 2 N–H and O–H groups in total. The molecular weight excluding hydrogens is 500 g/mol. The Kier molecular flexibility index (Phi) is 7.95. The molecule has 1 aromatic heterocycles. The topological polar surface area (TPSA) is 120 Å². The number of methoxy groups -OCH3 is 1. The van der Waals surface area contributed by atoms with Gasteiger partial charge in [-0.3, -0.25) is 4.79 Å². The Labute approximate surface area is 217 Å². The SMILES string of the molecule is CCOc1ccc2oc(C(=O)N/N=C/c3cc(Cl)c(OCc4ccc(C(=O)O)cc4)c(OC)c3)cc2c1. The standard InChI is InChI=1S/C27H23ClN2O7/c1-3-35-20-8-9-22-19(12-20)13-24(37-22)26(31)30-29-14-17-10-21(28)25(23(11-17)34-2)36-15-16-4-6-18(7-5-16)27(32)33/h4-14H,3,15H2,1-2H3,(H,30,31)(H,32,33)/b29-14+. The maximum absolute atomic E-state index is 12.5. The Bertz CT molecular complexity index is 1460. The Morgan fingerprint density at radius 2 is 1.86 bits per heavy atom. The molecule has 3 aromatic carbocycles. The summed E-state index contributed by atoms with van der Waals surface area (Å²) in [5.41, 5.74) is 4.49. The summed E-state index contributed by atoms with van der Waals surface area (Å²) in [6.45, 7) is 2.59. The predicted octanol–water partition coefficient (Wildman–Crippen LogP) is 5.53. The minimum Gasteiger partial charge on any atom is -0.494 e. The third kappa shape index (κ3) is 6.20. The average molecular weight is 523 g/mol. The fourth-order valence-electron chi connectivity index (χ4n) is 3.46. The first-order valence-electron chi connectivity index (χ1n) is 11.2. The molecule has 0 saturated heterocycles. The highest BCUT2D eigenvalue weighted by Gasteiger charge is 2.14. The first-order valence-corrected chi connectivity index (χ1v) is 11.6. The van der Waals surface area contributed by atoms with Crippen LogP contribution in [0.25, 0.3) is 11.0 Å². The van der Waals surface area contributed by atoms with Gasteiger partial charge < -0.3 is 23.7 Å². The average Bonchev–Trinajstić information content (AvgIpc) is 3.32. The monoisotopic (exact) mass is 522 g/mol. The molecule has 0 fully saturated rings. The van der Waals surface area contributed by atoms with E-state index in [0.717, 1.165) is 10.9 Å². The molecule has 0 unspecified atom stereocenters. The number of nitrogens with zero attached hydrogens (tertiary/aromatic N) is 1. The molecule has 4 rings (SSSR count). The number of ether oxygens (including phenoxy) is 3. The zero-order valence-corrected chi connectivity index (χ0v) is 20.7. The van der Waals surface area contributed by atoms with E-state index >= 15 is 0 Å². The van der Waals surface area contributed by atoms with E-state index in [1.165, 1.54) is 25.5 Å². The second kappa shape index (κ2) is 11.5. The molecule has 9 nitrogen and oxygen atoms in total. The molecule has 0 atom stereocenters. The van der Waals surface area contributed by atoms with Crippen molar-refractivity contribution in [2.75, 3.05) is 13.7 Å². The first kappa shape index (κ1) is 25.6. The summed E-state index contributed by atoms with van der Waals surface area (Å²) in [6, 6.07) is 16.5. The number of benzene rings is 3. The number of furan rings is 1. The van der Waals surface area contributed by atoms with Crippen molar-refractivity contribution in [2.24, 2.45) is 5.10 Å². The van der Waals surface area contributed by atoms with Gasteiger partial charge >= 0.3 is 11.9 Å². The minimum atomic E-state index is -1.00. The van der Waals surface area contributed by atoms with Gasteiger partial charge in [-0.25, -0.2) is 10.2 Å². The van der Waals surface area contributed by atoms with Gasteiger partial charge in [0.25, 0.3) is 0 Å². The molecular formula is C27H23ClN2O7. The Morgan fingerprint density at radius 1 is 1.08 bits per heavy atom. The van der Waals surface area contributed by atoms with E-state index in [2.05, 4.69) is 10.5 Å². The Morgan fingerprint density at radius 3 is 2.57 bits per heavy atom. The number of aromatic carboxylic acids is 1. The summed E-state index contributed by atoms with van der Waals surface area (Å²) >= 11 is 6.41. The summed E-state index contributed by atoms with van der Waals surface area (Å²) < 4.78 is 22.3. The molecule has 0 aliphatic rings. The number of carboxylic acids is 1. The van der Waals surface area contributed by atoms with E-state index in [-0.39, 0.29) is 23.0 Å². The molecule has 0 aliphatic heterocycles. The van der Waals surface area contributed by atoms with Crippen LogP contribution >= 0.6 is 11.6 Å². The molecule has 37 heavy (non-hydrogen) atoms. The Balaban J connectivity index is 1.41. The Hall–Kier alpha value is -4.50. The smallest absolute Gasteiger partial charge is 0.335 e. The number of rotatable bonds is 10. The van der Waals surface area contributed by atoms with E-state index in [1.807, 2.05) is 6.92 Å². The van der Waals surface area contributed by atoms with E-state index < -0.39 is 11.9 Å². The predicted molar refractivity (Wildman–Crippen MR) is 138 cm³/mol. The fraction of sp³-hybridized carbons (Fsp3) is 0.148. The number of carboxylic acid groups (broad SMARTS) is 1. The molecule has 10 heteroatoms. The van der Waals surface area contributed by atoms with Gasteiger partial charge in [-0.1, -0.05) is 23.7 Å². The summed E-state index contributed by atoms with van der Waals surface area (Å²) in [5.74, 6) is -0.0329. The first-order chi connectivity index (χ1) is 17.9. The molecule has 190 valence electrons. The normalized spacial score (nSPS) is 11.0. The lowest BCUT2D eigenvalue weighted by atomic mass is 10.1. The largest absolute Gasteiger partial charge is 0.494 e. The number of halogens is 1. The molecule has 0 aliphatic carbocycles. The fourth-order valence-corrected chi connectivity index (χ4v) is 3.74. The number of nitrogens with one attached hydrogen (secondary N) is 1. The van der Waals surface area contributed by atoms with Gasteiger partial charge in [0, 0.05) is 5.39 Å². The van der Waals surface area contributed by atoms with E-state index in [9.17, 15) is 9.59 Å². The van der Waals surface area contributed by atoms with Gasteiger partial charge in [0.2, 0.25) is 0 Å². The van der Waals surface area contributed by atoms with Crippen LogP contribution in [0.5, 0.6) is 17.2 Å². The summed E-state index contributed by atoms with van der Waals surface area (Å²) in [6.07, 6.45) is 1.41. The maximum atomic E-state index is 12.5. The van der Waals surface area contributed by atoms with Gasteiger partial charge in [0.05, 0.1) is 30.5 Å². The second-order valence-electron chi connectivity index (χ2n) is 7.77. The van der Waals surface area contributed by atoms with Crippen molar-refractivity contribution in [3.05, 3.63) is 88.1 Å². The van der Waals surface area contributed by atoms with Crippen LogP contribution in [0.15, 0.2) is 70.2 Å². The molecule has 4 aromatic rings. The summed E-state index contributed by atoms with van der Waals surface area (Å²) in [7, 11) is 1.47. The van der Waals surface area contributed by atoms with E-state index in [1.54, 1.807) is 48.5 Å². The number of carbonyl (C=O) groups is 2. The van der Waals surface area contributed by atoms with Gasteiger partial charge in [-0.05, 0) is 66.6 Å². The molecule has 0 bridgehead atoms. The molecule has 0 spiro atoms. The van der Waals surface area contributed by atoms with E-state index in [0.29, 0.717) is 35.0 Å². The number of amides is 1.